The Bertz CT molecular complexity index is 654. The summed E-state index contributed by atoms with van der Waals surface area (Å²) < 4.78 is 5.36. The molecule has 4 rings (SSSR count). The van der Waals surface area contributed by atoms with Gasteiger partial charge < -0.3 is 14.5 Å². The van der Waals surface area contributed by atoms with Gasteiger partial charge in [0.1, 0.15) is 0 Å². The van der Waals surface area contributed by atoms with Crippen LogP contribution in [-0.2, 0) is 20.7 Å². The molecular formula is C20H26N2O3. The van der Waals surface area contributed by atoms with Crippen molar-refractivity contribution in [1.82, 2.24) is 4.90 Å². The number of para-hydroxylation sites is 1. The summed E-state index contributed by atoms with van der Waals surface area (Å²) in [5.74, 6) is -0.0209. The third-order valence-electron chi connectivity index (χ3n) is 5.88. The van der Waals surface area contributed by atoms with E-state index in [0.717, 1.165) is 44.3 Å². The van der Waals surface area contributed by atoms with Crippen LogP contribution in [0.4, 0.5) is 5.69 Å². The van der Waals surface area contributed by atoms with Gasteiger partial charge in [0.15, 0.2) is 0 Å². The fourth-order valence-electron chi connectivity index (χ4n) is 4.51. The molecule has 2 atom stereocenters. The largest absolute Gasteiger partial charge is 0.378 e. The van der Waals surface area contributed by atoms with Gasteiger partial charge in [-0.3, -0.25) is 9.59 Å². The van der Waals surface area contributed by atoms with Crippen LogP contribution < -0.4 is 4.90 Å². The summed E-state index contributed by atoms with van der Waals surface area (Å²) in [6, 6.07) is 8.14. The van der Waals surface area contributed by atoms with Gasteiger partial charge in [-0.15, -0.1) is 0 Å². The minimum absolute atomic E-state index is 0.149. The van der Waals surface area contributed by atoms with E-state index in [-0.39, 0.29) is 23.7 Å². The van der Waals surface area contributed by atoms with Crippen molar-refractivity contribution in [3.63, 3.8) is 0 Å². The highest BCUT2D eigenvalue weighted by Gasteiger charge is 2.41. The number of anilines is 1. The number of hydrogen-bond donors (Lipinski definition) is 0. The summed E-state index contributed by atoms with van der Waals surface area (Å²) >= 11 is 0. The normalized spacial score (nSPS) is 26.4. The van der Waals surface area contributed by atoms with E-state index in [1.165, 1.54) is 5.56 Å². The molecule has 0 N–H and O–H groups in total. The Kier molecular flexibility index (Phi) is 4.75. The first kappa shape index (κ1) is 16.6. The SMILES string of the molecule is O=C(C1CCCCC1C(=O)N1CCc2ccccc21)N1CCOCC1. The molecule has 0 bridgehead atoms. The molecule has 2 unspecified atom stereocenters. The Balaban J connectivity index is 1.53. The van der Waals surface area contributed by atoms with Crippen LogP contribution in [0.25, 0.3) is 0 Å². The molecule has 0 radical (unpaired) electrons. The van der Waals surface area contributed by atoms with Gasteiger partial charge in [-0.25, -0.2) is 0 Å². The molecule has 5 heteroatoms. The second-order valence-electron chi connectivity index (χ2n) is 7.30. The smallest absolute Gasteiger partial charge is 0.230 e. The number of amides is 2. The summed E-state index contributed by atoms with van der Waals surface area (Å²) in [5.41, 5.74) is 2.28. The predicted octanol–water partition coefficient (Wildman–Crippen LogP) is 2.24. The number of carbonyl (C=O) groups is 2. The summed E-state index contributed by atoms with van der Waals surface area (Å²) in [5, 5.41) is 0. The quantitative estimate of drug-likeness (QED) is 0.828. The van der Waals surface area contributed by atoms with Crippen molar-refractivity contribution >= 4 is 17.5 Å². The zero-order valence-electron chi connectivity index (χ0n) is 14.7. The lowest BCUT2D eigenvalue weighted by Crippen LogP contribution is -2.49. The maximum absolute atomic E-state index is 13.3. The van der Waals surface area contributed by atoms with Gasteiger partial charge in [0.05, 0.1) is 19.1 Å². The topological polar surface area (TPSA) is 49.9 Å². The predicted molar refractivity (Wildman–Crippen MR) is 95.3 cm³/mol. The van der Waals surface area contributed by atoms with Gasteiger partial charge in [-0.2, -0.15) is 0 Å². The maximum Gasteiger partial charge on any atom is 0.230 e. The average Bonchev–Trinajstić information content (AvgIpc) is 3.12. The number of nitrogens with zero attached hydrogens (tertiary/aromatic N) is 2. The van der Waals surface area contributed by atoms with Crippen molar-refractivity contribution < 1.29 is 14.3 Å². The van der Waals surface area contributed by atoms with Crippen LogP contribution >= 0.6 is 0 Å². The number of fused-ring (bicyclic) bond motifs is 1. The first-order chi connectivity index (χ1) is 12.3. The van der Waals surface area contributed by atoms with Crippen molar-refractivity contribution in [3.8, 4) is 0 Å². The minimum Gasteiger partial charge on any atom is -0.378 e. The van der Waals surface area contributed by atoms with Gasteiger partial charge in [0, 0.05) is 31.2 Å². The lowest BCUT2D eigenvalue weighted by Gasteiger charge is -2.37. The summed E-state index contributed by atoms with van der Waals surface area (Å²) in [4.78, 5) is 30.1. The molecule has 5 nitrogen and oxygen atoms in total. The van der Waals surface area contributed by atoms with E-state index in [1.54, 1.807) is 0 Å². The first-order valence-electron chi connectivity index (χ1n) is 9.51. The second-order valence-corrected chi connectivity index (χ2v) is 7.30. The van der Waals surface area contributed by atoms with Crippen LogP contribution in [0.15, 0.2) is 24.3 Å². The molecule has 2 heterocycles. The summed E-state index contributed by atoms with van der Waals surface area (Å²) in [6.45, 7) is 3.27. The highest BCUT2D eigenvalue weighted by molar-refractivity contribution is 5.99. The average molecular weight is 342 g/mol. The monoisotopic (exact) mass is 342 g/mol. The zero-order chi connectivity index (χ0) is 17.2. The second kappa shape index (κ2) is 7.16. The third-order valence-corrected chi connectivity index (χ3v) is 5.88. The Hall–Kier alpha value is -1.88. The van der Waals surface area contributed by atoms with Crippen molar-refractivity contribution in [1.29, 1.82) is 0 Å². The molecule has 1 saturated heterocycles. The molecule has 2 amide bonds. The number of carbonyl (C=O) groups excluding carboxylic acids is 2. The molecule has 2 fully saturated rings. The van der Waals surface area contributed by atoms with Crippen molar-refractivity contribution in [3.05, 3.63) is 29.8 Å². The van der Waals surface area contributed by atoms with Crippen molar-refractivity contribution in [2.75, 3.05) is 37.7 Å². The van der Waals surface area contributed by atoms with Crippen LogP contribution in [0.1, 0.15) is 31.2 Å². The Morgan fingerprint density at radius 1 is 0.920 bits per heavy atom. The highest BCUT2D eigenvalue weighted by Crippen LogP contribution is 2.36. The molecule has 25 heavy (non-hydrogen) atoms. The zero-order valence-corrected chi connectivity index (χ0v) is 14.7. The minimum atomic E-state index is -0.171. The Labute approximate surface area is 148 Å². The van der Waals surface area contributed by atoms with Crippen LogP contribution in [0.3, 0.4) is 0 Å². The molecule has 1 saturated carbocycles. The van der Waals surface area contributed by atoms with E-state index in [1.807, 2.05) is 28.0 Å². The molecule has 0 aromatic heterocycles. The highest BCUT2D eigenvalue weighted by atomic mass is 16.5. The van der Waals surface area contributed by atoms with Gasteiger partial charge >= 0.3 is 0 Å². The Morgan fingerprint density at radius 3 is 2.36 bits per heavy atom. The van der Waals surface area contributed by atoms with Gasteiger partial charge in [-0.1, -0.05) is 31.0 Å². The molecular weight excluding hydrogens is 316 g/mol. The molecule has 134 valence electrons. The lowest BCUT2D eigenvalue weighted by atomic mass is 9.77. The van der Waals surface area contributed by atoms with Crippen molar-refractivity contribution in [2.45, 2.75) is 32.1 Å². The fraction of sp³-hybridized carbons (Fsp3) is 0.600. The summed E-state index contributed by atoms with van der Waals surface area (Å²) in [6.07, 6.45) is 4.66. The van der Waals surface area contributed by atoms with Crippen molar-refractivity contribution in [2.24, 2.45) is 11.8 Å². The van der Waals surface area contributed by atoms with E-state index >= 15 is 0 Å². The number of hydrogen-bond acceptors (Lipinski definition) is 3. The lowest BCUT2D eigenvalue weighted by molar-refractivity contribution is -0.146. The Morgan fingerprint density at radius 2 is 1.60 bits per heavy atom. The summed E-state index contributed by atoms with van der Waals surface area (Å²) in [7, 11) is 0. The number of rotatable bonds is 2. The molecule has 2 aliphatic heterocycles. The van der Waals surface area contributed by atoms with Gasteiger partial charge in [0.2, 0.25) is 11.8 Å². The third kappa shape index (κ3) is 3.17. The number of morpholine rings is 1. The number of ether oxygens (including phenoxy) is 1. The fourth-order valence-corrected chi connectivity index (χ4v) is 4.51. The molecule has 1 aliphatic carbocycles. The molecule has 1 aromatic rings. The molecule has 1 aromatic carbocycles. The first-order valence-corrected chi connectivity index (χ1v) is 9.51. The molecule has 3 aliphatic rings. The van der Waals surface area contributed by atoms with E-state index in [9.17, 15) is 9.59 Å². The van der Waals surface area contributed by atoms with E-state index in [4.69, 9.17) is 4.74 Å². The number of benzene rings is 1. The standard InChI is InChI=1S/C20H26N2O3/c23-19(21-11-13-25-14-12-21)16-6-2-3-7-17(16)20(24)22-10-9-15-5-1-4-8-18(15)22/h1,4-5,8,16-17H,2-3,6-7,9-14H2. The van der Waals surface area contributed by atoms with Gasteiger partial charge in [0.25, 0.3) is 0 Å². The van der Waals surface area contributed by atoms with E-state index in [2.05, 4.69) is 6.07 Å². The van der Waals surface area contributed by atoms with E-state index < -0.39 is 0 Å². The van der Waals surface area contributed by atoms with Crippen LogP contribution in [0.2, 0.25) is 0 Å². The molecule has 0 spiro atoms. The maximum atomic E-state index is 13.3. The van der Waals surface area contributed by atoms with Crippen LogP contribution in [0.5, 0.6) is 0 Å². The van der Waals surface area contributed by atoms with Crippen LogP contribution in [0, 0.1) is 11.8 Å². The van der Waals surface area contributed by atoms with Crippen LogP contribution in [-0.4, -0.2) is 49.6 Å². The van der Waals surface area contributed by atoms with E-state index in [0.29, 0.717) is 26.3 Å². The van der Waals surface area contributed by atoms with Gasteiger partial charge in [-0.05, 0) is 30.9 Å².